The van der Waals surface area contributed by atoms with Crippen molar-refractivity contribution >= 4 is 0 Å². The van der Waals surface area contributed by atoms with Crippen molar-refractivity contribution in [3.05, 3.63) is 23.8 Å². The maximum atomic E-state index is 10.3. The minimum Gasteiger partial charge on any atom is -0.493 e. The second-order valence-corrected chi connectivity index (χ2v) is 4.99. The highest BCUT2D eigenvalue weighted by molar-refractivity contribution is 5.43. The molecule has 0 spiro atoms. The summed E-state index contributed by atoms with van der Waals surface area (Å²) in [5.41, 5.74) is 0.878. The molecule has 1 aromatic carbocycles. The van der Waals surface area contributed by atoms with E-state index in [-0.39, 0.29) is 0 Å². The average molecular weight is 265 g/mol. The van der Waals surface area contributed by atoms with Crippen molar-refractivity contribution in [2.75, 3.05) is 33.9 Å². The standard InChI is InChI=1S/C15H23NO3/c1-18-14-7-6-12(10-15(14)19-2)13(17)11-16-8-4-3-5-9-16/h6-7,10,13,17H,3-5,8-9,11H2,1-2H3/t13-/m1/s1. The number of piperidine rings is 1. The molecule has 4 heteroatoms. The molecule has 106 valence electrons. The van der Waals surface area contributed by atoms with Crippen LogP contribution in [0.4, 0.5) is 0 Å². The highest BCUT2D eigenvalue weighted by atomic mass is 16.5. The van der Waals surface area contributed by atoms with Crippen molar-refractivity contribution < 1.29 is 14.6 Å². The van der Waals surface area contributed by atoms with Gasteiger partial charge in [0.2, 0.25) is 0 Å². The molecule has 0 aliphatic carbocycles. The summed E-state index contributed by atoms with van der Waals surface area (Å²) in [6, 6.07) is 5.59. The highest BCUT2D eigenvalue weighted by Gasteiger charge is 2.17. The molecule has 1 aromatic rings. The van der Waals surface area contributed by atoms with Gasteiger partial charge in [-0.25, -0.2) is 0 Å². The van der Waals surface area contributed by atoms with Crippen molar-refractivity contribution in [3.8, 4) is 11.5 Å². The minimum atomic E-state index is -0.474. The van der Waals surface area contributed by atoms with Gasteiger partial charge in [-0.2, -0.15) is 0 Å². The molecule has 19 heavy (non-hydrogen) atoms. The van der Waals surface area contributed by atoms with Crippen LogP contribution in [0.15, 0.2) is 18.2 Å². The van der Waals surface area contributed by atoms with Crippen molar-refractivity contribution in [2.45, 2.75) is 25.4 Å². The summed E-state index contributed by atoms with van der Waals surface area (Å²) in [4.78, 5) is 2.32. The van der Waals surface area contributed by atoms with Crippen LogP contribution in [0, 0.1) is 0 Å². The van der Waals surface area contributed by atoms with Gasteiger partial charge in [-0.1, -0.05) is 12.5 Å². The van der Waals surface area contributed by atoms with E-state index in [0.29, 0.717) is 18.0 Å². The Bertz CT molecular complexity index is 402. The lowest BCUT2D eigenvalue weighted by atomic mass is 10.1. The summed E-state index contributed by atoms with van der Waals surface area (Å²) in [6.07, 6.45) is 3.30. The highest BCUT2D eigenvalue weighted by Crippen LogP contribution is 2.30. The molecule has 0 unspecified atom stereocenters. The zero-order chi connectivity index (χ0) is 13.7. The lowest BCUT2D eigenvalue weighted by Crippen LogP contribution is -2.33. The van der Waals surface area contributed by atoms with Gasteiger partial charge in [0.25, 0.3) is 0 Å². The third kappa shape index (κ3) is 3.61. The normalized spacial score (nSPS) is 18.1. The van der Waals surface area contributed by atoms with Gasteiger partial charge in [0, 0.05) is 6.54 Å². The lowest BCUT2D eigenvalue weighted by Gasteiger charge is -2.28. The number of likely N-dealkylation sites (tertiary alicyclic amines) is 1. The first-order chi connectivity index (χ1) is 9.24. The Hall–Kier alpha value is -1.26. The maximum Gasteiger partial charge on any atom is 0.161 e. The van der Waals surface area contributed by atoms with Crippen LogP contribution in [0.3, 0.4) is 0 Å². The second-order valence-electron chi connectivity index (χ2n) is 4.99. The summed E-state index contributed by atoms with van der Waals surface area (Å²) >= 11 is 0. The summed E-state index contributed by atoms with van der Waals surface area (Å²) in [5, 5.41) is 10.3. The van der Waals surface area contributed by atoms with Gasteiger partial charge < -0.3 is 19.5 Å². The zero-order valence-corrected chi connectivity index (χ0v) is 11.8. The first-order valence-corrected chi connectivity index (χ1v) is 6.87. The quantitative estimate of drug-likeness (QED) is 0.886. The molecule has 1 N–H and O–H groups in total. The van der Waals surface area contributed by atoms with Crippen molar-refractivity contribution in [3.63, 3.8) is 0 Å². The lowest BCUT2D eigenvalue weighted by molar-refractivity contribution is 0.101. The molecule has 1 fully saturated rings. The number of β-amino-alcohol motifs (C(OH)–C–C–N with tert-alkyl or cyclic N) is 1. The second kappa shape index (κ2) is 6.78. The minimum absolute atomic E-state index is 0.474. The number of aliphatic hydroxyl groups excluding tert-OH is 1. The Kier molecular flexibility index (Phi) is 5.05. The zero-order valence-electron chi connectivity index (χ0n) is 11.8. The Morgan fingerprint density at radius 2 is 1.79 bits per heavy atom. The van der Waals surface area contributed by atoms with Gasteiger partial charge in [-0.05, 0) is 43.6 Å². The fourth-order valence-electron chi connectivity index (χ4n) is 2.55. The van der Waals surface area contributed by atoms with Crippen LogP contribution in [0.2, 0.25) is 0 Å². The molecule has 0 bridgehead atoms. The van der Waals surface area contributed by atoms with Crippen LogP contribution < -0.4 is 9.47 Å². The molecule has 1 aliphatic heterocycles. The van der Waals surface area contributed by atoms with E-state index in [1.54, 1.807) is 14.2 Å². The van der Waals surface area contributed by atoms with E-state index >= 15 is 0 Å². The first-order valence-electron chi connectivity index (χ1n) is 6.87. The van der Waals surface area contributed by atoms with Crippen molar-refractivity contribution in [1.82, 2.24) is 4.90 Å². The van der Waals surface area contributed by atoms with Crippen molar-refractivity contribution in [2.24, 2.45) is 0 Å². The van der Waals surface area contributed by atoms with Gasteiger partial charge in [-0.3, -0.25) is 0 Å². The van der Waals surface area contributed by atoms with E-state index in [1.165, 1.54) is 19.3 Å². The molecule has 1 heterocycles. The first kappa shape index (κ1) is 14.2. The summed E-state index contributed by atoms with van der Waals surface area (Å²) in [5.74, 6) is 1.36. The van der Waals surface area contributed by atoms with Crippen LogP contribution in [0.25, 0.3) is 0 Å². The largest absolute Gasteiger partial charge is 0.493 e. The van der Waals surface area contributed by atoms with Gasteiger partial charge in [-0.15, -0.1) is 0 Å². The van der Waals surface area contributed by atoms with E-state index in [9.17, 15) is 5.11 Å². The van der Waals surface area contributed by atoms with Crippen LogP contribution in [0.5, 0.6) is 11.5 Å². The summed E-state index contributed by atoms with van der Waals surface area (Å²) < 4.78 is 10.5. The number of hydrogen-bond donors (Lipinski definition) is 1. The van der Waals surface area contributed by atoms with Crippen LogP contribution in [0.1, 0.15) is 30.9 Å². The molecule has 0 saturated carbocycles. The number of benzene rings is 1. The Morgan fingerprint density at radius 3 is 2.42 bits per heavy atom. The van der Waals surface area contributed by atoms with Crippen LogP contribution in [-0.4, -0.2) is 43.9 Å². The molecule has 2 rings (SSSR count). The summed E-state index contributed by atoms with van der Waals surface area (Å²) in [6.45, 7) is 2.87. The number of ether oxygens (including phenoxy) is 2. The van der Waals surface area contributed by atoms with E-state index in [0.717, 1.165) is 18.7 Å². The van der Waals surface area contributed by atoms with E-state index < -0.39 is 6.10 Å². The molecule has 0 radical (unpaired) electrons. The topological polar surface area (TPSA) is 41.9 Å². The van der Waals surface area contributed by atoms with Crippen molar-refractivity contribution in [1.29, 1.82) is 0 Å². The van der Waals surface area contributed by atoms with Crippen LogP contribution >= 0.6 is 0 Å². The molecular formula is C15H23NO3. The predicted molar refractivity (Wildman–Crippen MR) is 74.8 cm³/mol. The molecule has 1 atom stereocenters. The van der Waals surface area contributed by atoms with Gasteiger partial charge in [0.15, 0.2) is 11.5 Å². The van der Waals surface area contributed by atoms with E-state index in [4.69, 9.17) is 9.47 Å². The molecule has 1 aliphatic rings. The van der Waals surface area contributed by atoms with Gasteiger partial charge in [0.1, 0.15) is 0 Å². The third-order valence-electron chi connectivity index (χ3n) is 3.67. The molecule has 0 aromatic heterocycles. The molecule has 4 nitrogen and oxygen atoms in total. The smallest absolute Gasteiger partial charge is 0.161 e. The number of nitrogens with zero attached hydrogens (tertiary/aromatic N) is 1. The molecule has 1 saturated heterocycles. The van der Waals surface area contributed by atoms with E-state index in [2.05, 4.69) is 4.90 Å². The van der Waals surface area contributed by atoms with Gasteiger partial charge >= 0.3 is 0 Å². The number of hydrogen-bond acceptors (Lipinski definition) is 4. The monoisotopic (exact) mass is 265 g/mol. The van der Waals surface area contributed by atoms with Crippen LogP contribution in [-0.2, 0) is 0 Å². The Balaban J connectivity index is 2.03. The Labute approximate surface area is 114 Å². The average Bonchev–Trinajstić information content (AvgIpc) is 2.47. The van der Waals surface area contributed by atoms with E-state index in [1.807, 2.05) is 18.2 Å². The third-order valence-corrected chi connectivity index (χ3v) is 3.67. The summed E-state index contributed by atoms with van der Waals surface area (Å²) in [7, 11) is 3.22. The number of rotatable bonds is 5. The maximum absolute atomic E-state index is 10.3. The number of methoxy groups -OCH3 is 2. The molecule has 0 amide bonds. The predicted octanol–water partition coefficient (Wildman–Crippen LogP) is 2.22. The fraction of sp³-hybridized carbons (Fsp3) is 0.600. The SMILES string of the molecule is COc1ccc([C@H](O)CN2CCCCC2)cc1OC. The van der Waals surface area contributed by atoms with Gasteiger partial charge in [0.05, 0.1) is 20.3 Å². The fourth-order valence-corrected chi connectivity index (χ4v) is 2.55. The number of aliphatic hydroxyl groups is 1. The Morgan fingerprint density at radius 1 is 1.11 bits per heavy atom. The molecular weight excluding hydrogens is 242 g/mol.